The fourth-order valence-electron chi connectivity index (χ4n) is 3.98. The van der Waals surface area contributed by atoms with Crippen LogP contribution in [-0.2, 0) is 22.7 Å². The first-order valence-electron chi connectivity index (χ1n) is 9.11. The molecule has 1 saturated heterocycles. The number of aryl methyl sites for hydroxylation is 1. The van der Waals surface area contributed by atoms with Crippen LogP contribution in [0, 0.1) is 0 Å². The fourth-order valence-corrected chi connectivity index (χ4v) is 5.67. The van der Waals surface area contributed by atoms with Crippen molar-refractivity contribution < 1.29 is 13.2 Å². The van der Waals surface area contributed by atoms with Crippen molar-refractivity contribution in [2.45, 2.75) is 44.7 Å². The summed E-state index contributed by atoms with van der Waals surface area (Å²) in [5.74, 6) is 0.0764. The fraction of sp³-hybridized carbons (Fsp3) is 0.474. The van der Waals surface area contributed by atoms with Crippen molar-refractivity contribution in [2.24, 2.45) is 0 Å². The topological polar surface area (TPSA) is 81.1 Å². The number of hydrogen-bond acceptors (Lipinski definition) is 4. The summed E-state index contributed by atoms with van der Waals surface area (Å²) in [5.41, 5.74) is 3.54. The van der Waals surface area contributed by atoms with Gasteiger partial charge in [-0.05, 0) is 38.2 Å². The van der Waals surface area contributed by atoms with Gasteiger partial charge >= 0.3 is 0 Å². The summed E-state index contributed by atoms with van der Waals surface area (Å²) in [6, 6.07) is 9.44. The van der Waals surface area contributed by atoms with Gasteiger partial charge in [0.05, 0.1) is 29.3 Å². The van der Waals surface area contributed by atoms with Gasteiger partial charge in [-0.3, -0.25) is 9.48 Å². The lowest BCUT2D eigenvalue weighted by Crippen LogP contribution is -2.31. The quantitative estimate of drug-likeness (QED) is 0.891. The summed E-state index contributed by atoms with van der Waals surface area (Å²) >= 11 is 0. The zero-order chi connectivity index (χ0) is 18.3. The smallest absolute Gasteiger partial charge is 0.270 e. The van der Waals surface area contributed by atoms with Crippen molar-refractivity contribution in [3.8, 4) is 0 Å². The van der Waals surface area contributed by atoms with Crippen molar-refractivity contribution in [3.05, 3.63) is 52.8 Å². The molecule has 6 nitrogen and oxygen atoms in total. The van der Waals surface area contributed by atoms with Gasteiger partial charge in [0.2, 0.25) is 0 Å². The molecular formula is C19H23N3O3S. The van der Waals surface area contributed by atoms with Crippen LogP contribution in [0.4, 0.5) is 0 Å². The van der Waals surface area contributed by atoms with Crippen LogP contribution in [0.15, 0.2) is 30.3 Å². The van der Waals surface area contributed by atoms with E-state index in [1.165, 1.54) is 0 Å². The normalized spacial score (nSPS) is 22.1. The first kappa shape index (κ1) is 17.3. The number of carbonyl (C=O) groups is 1. The number of benzene rings is 1. The van der Waals surface area contributed by atoms with Gasteiger partial charge in [0.15, 0.2) is 9.84 Å². The van der Waals surface area contributed by atoms with Gasteiger partial charge in [0.25, 0.3) is 5.91 Å². The molecule has 1 aliphatic heterocycles. The van der Waals surface area contributed by atoms with E-state index < -0.39 is 9.84 Å². The van der Waals surface area contributed by atoms with E-state index >= 15 is 0 Å². The predicted molar refractivity (Wildman–Crippen MR) is 98.9 cm³/mol. The van der Waals surface area contributed by atoms with Crippen LogP contribution in [0.25, 0.3) is 0 Å². The molecule has 4 rings (SSSR count). The van der Waals surface area contributed by atoms with Crippen molar-refractivity contribution in [1.82, 2.24) is 15.1 Å². The lowest BCUT2D eigenvalue weighted by molar-refractivity contribution is 0.0925. The summed E-state index contributed by atoms with van der Waals surface area (Å²) < 4.78 is 25.5. The molecule has 1 amide bonds. The van der Waals surface area contributed by atoms with Crippen LogP contribution in [0.1, 0.15) is 59.2 Å². The Bertz CT molecular complexity index is 934. The van der Waals surface area contributed by atoms with Gasteiger partial charge in [0.1, 0.15) is 5.69 Å². The maximum atomic E-state index is 13.1. The molecule has 2 atom stereocenters. The molecule has 2 aromatic rings. The highest BCUT2D eigenvalue weighted by molar-refractivity contribution is 7.91. The van der Waals surface area contributed by atoms with Gasteiger partial charge in [-0.1, -0.05) is 30.3 Å². The van der Waals surface area contributed by atoms with E-state index in [0.717, 1.165) is 36.1 Å². The molecule has 0 bridgehead atoms. The number of nitrogens with zero attached hydrogens (tertiary/aromatic N) is 2. The Morgan fingerprint density at radius 1 is 1.27 bits per heavy atom. The molecule has 2 aliphatic rings. The SMILES string of the molecule is CC(NC(=O)c1c2c(nn1C1CCS(=O)(=O)C1)CCC2)c1ccccc1. The minimum absolute atomic E-state index is 0.0715. The van der Waals surface area contributed by atoms with E-state index in [1.54, 1.807) is 4.68 Å². The highest BCUT2D eigenvalue weighted by Gasteiger charge is 2.35. The lowest BCUT2D eigenvalue weighted by atomic mass is 10.1. The summed E-state index contributed by atoms with van der Waals surface area (Å²) in [5, 5.41) is 7.69. The third-order valence-corrected chi connectivity index (χ3v) is 7.10. The summed E-state index contributed by atoms with van der Waals surface area (Å²) in [6.07, 6.45) is 3.21. The average Bonchev–Trinajstić information content (AvgIpc) is 3.28. The van der Waals surface area contributed by atoms with Crippen LogP contribution >= 0.6 is 0 Å². The van der Waals surface area contributed by atoms with Gasteiger partial charge in [-0.15, -0.1) is 0 Å². The number of rotatable bonds is 4. The molecule has 26 heavy (non-hydrogen) atoms. The summed E-state index contributed by atoms with van der Waals surface area (Å²) in [4.78, 5) is 13.1. The van der Waals surface area contributed by atoms with Crippen LogP contribution < -0.4 is 5.32 Å². The van der Waals surface area contributed by atoms with E-state index in [9.17, 15) is 13.2 Å². The van der Waals surface area contributed by atoms with E-state index in [1.807, 2.05) is 37.3 Å². The summed E-state index contributed by atoms with van der Waals surface area (Å²) in [7, 11) is -3.04. The van der Waals surface area contributed by atoms with Crippen LogP contribution in [-0.4, -0.2) is 35.6 Å². The molecule has 7 heteroatoms. The van der Waals surface area contributed by atoms with Crippen molar-refractivity contribution >= 4 is 15.7 Å². The Morgan fingerprint density at radius 2 is 2.04 bits per heavy atom. The monoisotopic (exact) mass is 373 g/mol. The highest BCUT2D eigenvalue weighted by Crippen LogP contribution is 2.31. The molecular weight excluding hydrogens is 350 g/mol. The Kier molecular flexibility index (Phi) is 4.34. The molecule has 2 heterocycles. The Balaban J connectivity index is 1.64. The van der Waals surface area contributed by atoms with Gasteiger partial charge in [-0.2, -0.15) is 5.10 Å². The third kappa shape index (κ3) is 3.16. The third-order valence-electron chi connectivity index (χ3n) is 5.35. The van der Waals surface area contributed by atoms with Crippen molar-refractivity contribution in [1.29, 1.82) is 0 Å². The van der Waals surface area contributed by atoms with Gasteiger partial charge in [-0.25, -0.2) is 8.42 Å². The second-order valence-electron chi connectivity index (χ2n) is 7.23. The van der Waals surface area contributed by atoms with E-state index in [2.05, 4.69) is 10.4 Å². The molecule has 1 aromatic heterocycles. The highest BCUT2D eigenvalue weighted by atomic mass is 32.2. The Labute approximate surface area is 153 Å². The maximum absolute atomic E-state index is 13.1. The largest absolute Gasteiger partial charge is 0.344 e. The number of carbonyl (C=O) groups excluding carboxylic acids is 1. The van der Waals surface area contributed by atoms with Crippen molar-refractivity contribution in [3.63, 3.8) is 0 Å². The van der Waals surface area contributed by atoms with E-state index in [4.69, 9.17) is 0 Å². The first-order valence-corrected chi connectivity index (χ1v) is 10.9. The number of hydrogen-bond donors (Lipinski definition) is 1. The average molecular weight is 373 g/mol. The first-order chi connectivity index (χ1) is 12.4. The number of aromatic nitrogens is 2. The molecule has 138 valence electrons. The zero-order valence-corrected chi connectivity index (χ0v) is 15.6. The zero-order valence-electron chi connectivity index (χ0n) is 14.8. The van der Waals surface area contributed by atoms with Crippen molar-refractivity contribution in [2.75, 3.05) is 11.5 Å². The van der Waals surface area contributed by atoms with Gasteiger partial charge in [0, 0.05) is 5.56 Å². The molecule has 1 aliphatic carbocycles. The van der Waals surface area contributed by atoms with Gasteiger partial charge < -0.3 is 5.32 Å². The number of amides is 1. The molecule has 0 radical (unpaired) electrons. The number of nitrogens with one attached hydrogen (secondary N) is 1. The molecule has 0 saturated carbocycles. The molecule has 0 spiro atoms. The maximum Gasteiger partial charge on any atom is 0.270 e. The van der Waals surface area contributed by atoms with E-state index in [-0.39, 0.29) is 29.5 Å². The minimum Gasteiger partial charge on any atom is -0.344 e. The van der Waals surface area contributed by atoms with E-state index in [0.29, 0.717) is 12.1 Å². The second kappa shape index (κ2) is 6.54. The Morgan fingerprint density at radius 3 is 2.73 bits per heavy atom. The lowest BCUT2D eigenvalue weighted by Gasteiger charge is -2.18. The summed E-state index contributed by atoms with van der Waals surface area (Å²) in [6.45, 7) is 1.95. The standard InChI is InChI=1S/C19H23N3O3S/c1-13(14-6-3-2-4-7-14)20-19(23)18-16-8-5-9-17(16)21-22(18)15-10-11-26(24,25)12-15/h2-4,6-7,13,15H,5,8-12H2,1H3,(H,20,23). The Hall–Kier alpha value is -2.15. The van der Waals surface area contributed by atoms with Crippen LogP contribution in [0.5, 0.6) is 0 Å². The number of sulfone groups is 1. The number of fused-ring (bicyclic) bond motifs is 1. The minimum atomic E-state index is -3.04. The molecule has 1 fully saturated rings. The molecule has 2 unspecified atom stereocenters. The van der Waals surface area contributed by atoms with Crippen LogP contribution in [0.2, 0.25) is 0 Å². The molecule has 1 aromatic carbocycles. The van der Waals surface area contributed by atoms with Crippen LogP contribution in [0.3, 0.4) is 0 Å². The second-order valence-corrected chi connectivity index (χ2v) is 9.46. The predicted octanol–water partition coefficient (Wildman–Crippen LogP) is 2.22. The molecule has 1 N–H and O–H groups in total.